The van der Waals surface area contributed by atoms with Crippen molar-refractivity contribution in [3.63, 3.8) is 0 Å². The molecule has 0 amide bonds. The fraction of sp³-hybridized carbons (Fsp3) is 0.219. The number of nitrogens with zero attached hydrogens (tertiary/aromatic N) is 2. The van der Waals surface area contributed by atoms with E-state index in [1.54, 1.807) is 36.4 Å². The molecule has 4 aromatic rings. The van der Waals surface area contributed by atoms with Crippen LogP contribution >= 0.6 is 54.8 Å². The molecule has 3 aromatic carbocycles. The molecule has 44 heavy (non-hydrogen) atoms. The molecule has 228 valence electrons. The summed E-state index contributed by atoms with van der Waals surface area (Å²) in [6.45, 7) is 4.92. The summed E-state index contributed by atoms with van der Waals surface area (Å²) in [6, 6.07) is 15.8. The Balaban J connectivity index is 1.62. The predicted octanol–water partition coefficient (Wildman–Crippen LogP) is 6.57. The van der Waals surface area contributed by atoms with E-state index in [9.17, 15) is 9.59 Å². The van der Waals surface area contributed by atoms with Crippen LogP contribution in [0, 0.1) is 0 Å². The Hall–Kier alpha value is -3.38. The van der Waals surface area contributed by atoms with E-state index in [0.29, 0.717) is 67.0 Å². The number of esters is 1. The van der Waals surface area contributed by atoms with Crippen molar-refractivity contribution >= 4 is 66.8 Å². The summed E-state index contributed by atoms with van der Waals surface area (Å²) in [4.78, 5) is 31.9. The predicted molar refractivity (Wildman–Crippen MR) is 178 cm³/mol. The van der Waals surface area contributed by atoms with Gasteiger partial charge in [-0.05, 0) is 83.4 Å². The number of rotatable bonds is 10. The number of aromatic nitrogens is 1. The van der Waals surface area contributed by atoms with Gasteiger partial charge in [0.25, 0.3) is 5.56 Å². The second-order valence-electron chi connectivity index (χ2n) is 9.47. The normalized spacial score (nSPS) is 14.4. The van der Waals surface area contributed by atoms with E-state index < -0.39 is 12.0 Å². The zero-order chi connectivity index (χ0) is 31.4. The third-order valence-electron chi connectivity index (χ3n) is 6.63. The number of ether oxygens (including phenoxy) is 4. The van der Waals surface area contributed by atoms with Gasteiger partial charge < -0.3 is 18.9 Å². The SMILES string of the molecule is CCOc1ccc([C@H]2C(C(=O)OC)=CN=c3s/c(=C/c4cc(Cl)cc(Br)c4OCc4ccc(Br)cc4)c(=O)n32)cc1OCC. The smallest absolute Gasteiger partial charge is 0.337 e. The fourth-order valence-electron chi connectivity index (χ4n) is 4.70. The van der Waals surface area contributed by atoms with E-state index >= 15 is 0 Å². The van der Waals surface area contributed by atoms with Gasteiger partial charge in [-0.25, -0.2) is 9.79 Å². The summed E-state index contributed by atoms with van der Waals surface area (Å²) in [6.07, 6.45) is 3.17. The average molecular weight is 763 g/mol. The second-order valence-corrected chi connectivity index (χ2v) is 12.7. The molecule has 1 aliphatic heterocycles. The van der Waals surface area contributed by atoms with Gasteiger partial charge in [0.15, 0.2) is 16.3 Å². The first-order chi connectivity index (χ1) is 21.2. The molecule has 2 heterocycles. The number of benzene rings is 3. The van der Waals surface area contributed by atoms with E-state index in [4.69, 9.17) is 30.5 Å². The molecule has 0 saturated heterocycles. The number of carbonyl (C=O) groups excluding carboxylic acids is 1. The molecule has 0 aliphatic carbocycles. The van der Waals surface area contributed by atoms with Crippen molar-refractivity contribution < 1.29 is 23.7 Å². The highest BCUT2D eigenvalue weighted by Gasteiger charge is 2.31. The van der Waals surface area contributed by atoms with Gasteiger partial charge in [-0.15, -0.1) is 0 Å². The zero-order valence-electron chi connectivity index (χ0n) is 23.9. The molecule has 0 saturated carbocycles. The van der Waals surface area contributed by atoms with Gasteiger partial charge in [0, 0.05) is 21.3 Å². The van der Waals surface area contributed by atoms with Gasteiger partial charge in [0.2, 0.25) is 0 Å². The Bertz CT molecular complexity index is 1920. The van der Waals surface area contributed by atoms with Crippen molar-refractivity contribution in [3.05, 3.63) is 117 Å². The first-order valence-corrected chi connectivity index (χ1v) is 16.4. The second kappa shape index (κ2) is 14.2. The maximum atomic E-state index is 14.1. The maximum absolute atomic E-state index is 14.1. The third-order valence-corrected chi connectivity index (χ3v) is 8.96. The number of fused-ring (bicyclic) bond motifs is 1. The van der Waals surface area contributed by atoms with Crippen molar-refractivity contribution in [2.24, 2.45) is 4.99 Å². The van der Waals surface area contributed by atoms with Crippen LogP contribution in [0.5, 0.6) is 17.2 Å². The minimum atomic E-state index is -0.810. The Morgan fingerprint density at radius 3 is 2.45 bits per heavy atom. The van der Waals surface area contributed by atoms with Crippen molar-refractivity contribution in [1.82, 2.24) is 4.57 Å². The van der Waals surface area contributed by atoms with Crippen molar-refractivity contribution in [2.75, 3.05) is 20.3 Å². The van der Waals surface area contributed by atoms with Crippen LogP contribution in [0.4, 0.5) is 0 Å². The lowest BCUT2D eigenvalue weighted by atomic mass is 9.97. The lowest BCUT2D eigenvalue weighted by Crippen LogP contribution is -2.39. The van der Waals surface area contributed by atoms with Gasteiger partial charge in [-0.2, -0.15) is 0 Å². The molecular formula is C32H27Br2ClN2O6S. The van der Waals surface area contributed by atoms with Gasteiger partial charge >= 0.3 is 5.97 Å². The molecule has 12 heteroatoms. The molecule has 1 aromatic heterocycles. The molecule has 0 fully saturated rings. The van der Waals surface area contributed by atoms with Gasteiger partial charge in [-0.1, -0.05) is 57.1 Å². The summed E-state index contributed by atoms with van der Waals surface area (Å²) in [5.74, 6) is 1.01. The maximum Gasteiger partial charge on any atom is 0.337 e. The summed E-state index contributed by atoms with van der Waals surface area (Å²) >= 11 is 14.6. The largest absolute Gasteiger partial charge is 0.490 e. The number of hydrogen-bond acceptors (Lipinski definition) is 8. The molecule has 5 rings (SSSR count). The Morgan fingerprint density at radius 2 is 1.75 bits per heavy atom. The van der Waals surface area contributed by atoms with Crippen LogP contribution < -0.4 is 29.1 Å². The first kappa shape index (κ1) is 32.0. The Labute approximate surface area is 279 Å². The quantitative estimate of drug-likeness (QED) is 0.170. The summed E-state index contributed by atoms with van der Waals surface area (Å²) in [5.41, 5.74) is 2.09. The van der Waals surface area contributed by atoms with Crippen molar-refractivity contribution in [1.29, 1.82) is 0 Å². The first-order valence-electron chi connectivity index (χ1n) is 13.6. The van der Waals surface area contributed by atoms with Crippen LogP contribution in [0.15, 0.2) is 85.1 Å². The van der Waals surface area contributed by atoms with Crippen LogP contribution in [0.3, 0.4) is 0 Å². The molecule has 0 unspecified atom stereocenters. The van der Waals surface area contributed by atoms with Crippen molar-refractivity contribution in [3.8, 4) is 17.2 Å². The van der Waals surface area contributed by atoms with Crippen LogP contribution in [-0.4, -0.2) is 30.9 Å². The highest BCUT2D eigenvalue weighted by atomic mass is 79.9. The molecule has 8 nitrogen and oxygen atoms in total. The molecule has 0 N–H and O–H groups in total. The Morgan fingerprint density at radius 1 is 1.02 bits per heavy atom. The van der Waals surface area contributed by atoms with E-state index in [1.807, 2.05) is 38.1 Å². The standard InChI is InChI=1S/C32H27Br2ClN2O6S/c1-4-41-25-11-8-19(13-26(25)42-5-2)28-23(31(39)40-3)16-36-32-37(28)30(38)27(44-32)14-20-12-22(35)15-24(34)29(20)43-17-18-6-9-21(33)10-7-18/h6-16,28H,4-5,17H2,1-3H3/b27-14+/t28-/m0/s1. The summed E-state index contributed by atoms with van der Waals surface area (Å²) < 4.78 is 26.3. The zero-order valence-corrected chi connectivity index (χ0v) is 28.7. The minimum Gasteiger partial charge on any atom is -0.490 e. The van der Waals surface area contributed by atoms with E-state index in [-0.39, 0.29) is 11.1 Å². The summed E-state index contributed by atoms with van der Waals surface area (Å²) in [5, 5.41) is 0.468. The van der Waals surface area contributed by atoms with Crippen LogP contribution in [0.25, 0.3) is 6.08 Å². The molecule has 0 bridgehead atoms. The average Bonchev–Trinajstić information content (AvgIpc) is 3.32. The van der Waals surface area contributed by atoms with Gasteiger partial charge in [0.05, 0.1) is 40.9 Å². The van der Waals surface area contributed by atoms with Gasteiger partial charge in [-0.3, -0.25) is 9.36 Å². The lowest BCUT2D eigenvalue weighted by molar-refractivity contribution is -0.136. The van der Waals surface area contributed by atoms with Crippen LogP contribution in [-0.2, 0) is 16.1 Å². The number of methoxy groups -OCH3 is 1. The monoisotopic (exact) mass is 760 g/mol. The molecular weight excluding hydrogens is 736 g/mol. The lowest BCUT2D eigenvalue weighted by Gasteiger charge is -2.23. The molecule has 1 atom stereocenters. The number of carbonyl (C=O) groups is 1. The minimum absolute atomic E-state index is 0.210. The van der Waals surface area contributed by atoms with Crippen molar-refractivity contribution in [2.45, 2.75) is 26.5 Å². The van der Waals surface area contributed by atoms with Crippen LogP contribution in [0.2, 0.25) is 5.02 Å². The van der Waals surface area contributed by atoms with Crippen LogP contribution in [0.1, 0.15) is 36.6 Å². The van der Waals surface area contributed by atoms with E-state index in [1.165, 1.54) is 29.2 Å². The Kier molecular flexibility index (Phi) is 10.3. The van der Waals surface area contributed by atoms with E-state index in [2.05, 4.69) is 36.9 Å². The molecule has 0 radical (unpaired) electrons. The number of halogens is 3. The number of thiazole rings is 1. The highest BCUT2D eigenvalue weighted by molar-refractivity contribution is 9.10. The third kappa shape index (κ3) is 6.81. The highest BCUT2D eigenvalue weighted by Crippen LogP contribution is 2.36. The fourth-order valence-corrected chi connectivity index (χ4v) is 6.88. The topological polar surface area (TPSA) is 88.4 Å². The van der Waals surface area contributed by atoms with E-state index in [0.717, 1.165) is 10.0 Å². The molecule has 1 aliphatic rings. The number of hydrogen-bond donors (Lipinski definition) is 0. The van der Waals surface area contributed by atoms with Gasteiger partial charge in [0.1, 0.15) is 12.4 Å². The molecule has 0 spiro atoms. The summed E-state index contributed by atoms with van der Waals surface area (Å²) in [7, 11) is 1.29.